The molecule has 0 aliphatic carbocycles. The monoisotopic (exact) mass is 523 g/mol. The number of amides is 1. The molecule has 3 aromatic carbocycles. The third kappa shape index (κ3) is 5.38. The first-order chi connectivity index (χ1) is 18.5. The lowest BCUT2D eigenvalue weighted by atomic mass is 9.98. The second-order valence-electron chi connectivity index (χ2n) is 9.54. The summed E-state index contributed by atoms with van der Waals surface area (Å²) in [4.78, 5) is 22.4. The number of carbonyl (C=O) groups excluding carboxylic acids is 1. The average molecular weight is 524 g/mol. The van der Waals surface area contributed by atoms with E-state index in [2.05, 4.69) is 89.3 Å². The normalized spacial score (nSPS) is 18.1. The Morgan fingerprint density at radius 1 is 0.921 bits per heavy atom. The first-order valence-corrected chi connectivity index (χ1v) is 13.9. The van der Waals surface area contributed by atoms with E-state index in [9.17, 15) is 4.79 Å². The maximum atomic E-state index is 13.0. The molecule has 7 heteroatoms. The predicted molar refractivity (Wildman–Crippen MR) is 161 cm³/mol. The van der Waals surface area contributed by atoms with E-state index in [1.807, 2.05) is 43.4 Å². The minimum absolute atomic E-state index is 0.0341. The van der Waals surface area contributed by atoms with Crippen molar-refractivity contribution in [2.24, 2.45) is 10.1 Å². The Morgan fingerprint density at radius 3 is 2.21 bits per heavy atom. The van der Waals surface area contributed by atoms with Gasteiger partial charge in [-0.15, -0.1) is 0 Å². The second kappa shape index (κ2) is 11.3. The molecule has 0 N–H and O–H groups in total. The average Bonchev–Trinajstić information content (AvgIpc) is 3.55. The van der Waals surface area contributed by atoms with Gasteiger partial charge in [0.2, 0.25) is 0 Å². The summed E-state index contributed by atoms with van der Waals surface area (Å²) in [5, 5.41) is 7.53. The summed E-state index contributed by atoms with van der Waals surface area (Å²) in [6, 6.07) is 27.1. The molecule has 194 valence electrons. The Bertz CT molecular complexity index is 1370. The highest BCUT2D eigenvalue weighted by Crippen LogP contribution is 2.40. The number of carbonyl (C=O) groups is 1. The van der Waals surface area contributed by atoms with Crippen LogP contribution in [0.25, 0.3) is 6.08 Å². The Labute approximate surface area is 229 Å². The van der Waals surface area contributed by atoms with Crippen molar-refractivity contribution >= 4 is 46.0 Å². The number of aliphatic imine (C=N–C) groups is 1. The van der Waals surface area contributed by atoms with Gasteiger partial charge in [-0.2, -0.15) is 10.1 Å². The third-order valence-corrected chi connectivity index (χ3v) is 7.91. The van der Waals surface area contributed by atoms with Crippen LogP contribution in [0.5, 0.6) is 0 Å². The summed E-state index contributed by atoms with van der Waals surface area (Å²) in [5.41, 5.74) is 6.53. The number of thioether (sulfide) groups is 1. The van der Waals surface area contributed by atoms with Crippen LogP contribution in [0, 0.1) is 0 Å². The first kappa shape index (κ1) is 25.8. The molecule has 2 aliphatic rings. The van der Waals surface area contributed by atoms with Crippen molar-refractivity contribution < 1.29 is 4.79 Å². The summed E-state index contributed by atoms with van der Waals surface area (Å²) in [6.45, 7) is 6.23. The zero-order chi connectivity index (χ0) is 26.6. The van der Waals surface area contributed by atoms with E-state index in [4.69, 9.17) is 5.10 Å². The van der Waals surface area contributed by atoms with Gasteiger partial charge in [0.25, 0.3) is 5.91 Å². The molecule has 3 aromatic rings. The van der Waals surface area contributed by atoms with E-state index in [-0.39, 0.29) is 11.9 Å². The minimum atomic E-state index is -0.220. The van der Waals surface area contributed by atoms with Crippen LogP contribution in [0.15, 0.2) is 93.9 Å². The molecular formula is C31H33N5OS. The Balaban J connectivity index is 1.41. The maximum Gasteiger partial charge on any atom is 0.286 e. The van der Waals surface area contributed by atoms with Crippen molar-refractivity contribution in [2.45, 2.75) is 26.3 Å². The van der Waals surface area contributed by atoms with Gasteiger partial charge in [-0.1, -0.05) is 54.6 Å². The van der Waals surface area contributed by atoms with Crippen LogP contribution in [0.2, 0.25) is 0 Å². The lowest BCUT2D eigenvalue weighted by molar-refractivity contribution is -0.113. The minimum Gasteiger partial charge on any atom is -0.378 e. The molecule has 6 nitrogen and oxygen atoms in total. The highest BCUT2D eigenvalue weighted by Gasteiger charge is 2.36. The fourth-order valence-electron chi connectivity index (χ4n) is 4.76. The second-order valence-corrected chi connectivity index (χ2v) is 10.5. The number of hydrogen-bond acceptors (Lipinski definition) is 6. The molecule has 0 bridgehead atoms. The number of nitrogens with zero attached hydrogens (tertiary/aromatic N) is 5. The highest BCUT2D eigenvalue weighted by atomic mass is 32.2. The maximum absolute atomic E-state index is 13.0. The summed E-state index contributed by atoms with van der Waals surface area (Å²) in [5.74, 6) is -0.220. The number of rotatable bonds is 7. The molecule has 0 radical (unpaired) electrons. The van der Waals surface area contributed by atoms with E-state index in [1.165, 1.54) is 17.4 Å². The van der Waals surface area contributed by atoms with Crippen LogP contribution < -0.4 is 9.80 Å². The fraction of sp³-hybridized carbons (Fsp3) is 0.258. The van der Waals surface area contributed by atoms with Gasteiger partial charge in [0.05, 0.1) is 16.7 Å². The molecule has 2 heterocycles. The quantitative estimate of drug-likeness (QED) is 0.335. The molecular weight excluding hydrogens is 490 g/mol. The van der Waals surface area contributed by atoms with Crippen molar-refractivity contribution in [1.29, 1.82) is 0 Å². The molecule has 1 amide bonds. The largest absolute Gasteiger partial charge is 0.378 e. The van der Waals surface area contributed by atoms with Gasteiger partial charge in [0, 0.05) is 45.0 Å². The van der Waals surface area contributed by atoms with Crippen molar-refractivity contribution in [1.82, 2.24) is 5.01 Å². The molecule has 0 saturated heterocycles. The zero-order valence-corrected chi connectivity index (χ0v) is 23.2. The van der Waals surface area contributed by atoms with Crippen molar-refractivity contribution in [3.63, 3.8) is 0 Å². The van der Waals surface area contributed by atoms with Crippen LogP contribution in [0.3, 0.4) is 0 Å². The van der Waals surface area contributed by atoms with Gasteiger partial charge >= 0.3 is 0 Å². The van der Waals surface area contributed by atoms with Crippen LogP contribution in [0.4, 0.5) is 11.4 Å². The van der Waals surface area contributed by atoms with Gasteiger partial charge in [-0.3, -0.25) is 4.79 Å². The lowest BCUT2D eigenvalue weighted by Gasteiger charge is -2.23. The standard InChI is InChI=1S/C31H33N5OS/c1-5-35(6-2)26-16-12-22(13-17-26)20-29-30(37)32-31(38-29)36-28(24-14-18-25(19-15-24)34(3)4)21-27(33-36)23-10-8-7-9-11-23/h7-20,28H,5-6,21H2,1-4H3/b29-20-. The number of amidine groups is 1. The number of hydrogen-bond donors (Lipinski definition) is 0. The van der Waals surface area contributed by atoms with E-state index >= 15 is 0 Å². The van der Waals surface area contributed by atoms with Crippen LogP contribution in [0.1, 0.15) is 43.0 Å². The molecule has 1 atom stereocenters. The summed E-state index contributed by atoms with van der Waals surface area (Å²) >= 11 is 1.40. The molecule has 1 unspecified atom stereocenters. The van der Waals surface area contributed by atoms with E-state index < -0.39 is 0 Å². The molecule has 0 saturated carbocycles. The molecule has 38 heavy (non-hydrogen) atoms. The topological polar surface area (TPSA) is 51.5 Å². The van der Waals surface area contributed by atoms with Crippen molar-refractivity contribution in [3.05, 3.63) is 100 Å². The van der Waals surface area contributed by atoms with Gasteiger partial charge in [0.1, 0.15) is 0 Å². The lowest BCUT2D eigenvalue weighted by Crippen LogP contribution is -2.23. The smallest absolute Gasteiger partial charge is 0.286 e. The van der Waals surface area contributed by atoms with Crippen molar-refractivity contribution in [2.75, 3.05) is 37.0 Å². The summed E-state index contributed by atoms with van der Waals surface area (Å²) in [6.07, 6.45) is 2.67. The van der Waals surface area contributed by atoms with Crippen molar-refractivity contribution in [3.8, 4) is 0 Å². The fourth-order valence-corrected chi connectivity index (χ4v) is 5.68. The highest BCUT2D eigenvalue weighted by molar-refractivity contribution is 8.18. The zero-order valence-electron chi connectivity index (χ0n) is 22.3. The van der Waals surface area contributed by atoms with E-state index in [0.29, 0.717) is 10.1 Å². The van der Waals surface area contributed by atoms with Gasteiger partial charge in [-0.05, 0) is 72.6 Å². The van der Waals surface area contributed by atoms with Crippen LogP contribution in [-0.4, -0.2) is 49.0 Å². The van der Waals surface area contributed by atoms with Crippen LogP contribution in [-0.2, 0) is 4.79 Å². The van der Waals surface area contributed by atoms with Crippen LogP contribution >= 0.6 is 11.8 Å². The first-order valence-electron chi connectivity index (χ1n) is 13.0. The third-order valence-electron chi connectivity index (χ3n) is 6.94. The predicted octanol–water partition coefficient (Wildman–Crippen LogP) is 6.42. The van der Waals surface area contributed by atoms with E-state index in [0.717, 1.165) is 47.6 Å². The molecule has 5 rings (SSSR count). The molecule has 2 aliphatic heterocycles. The summed E-state index contributed by atoms with van der Waals surface area (Å²) < 4.78 is 0. The molecule has 0 fully saturated rings. The number of hydrazone groups is 1. The van der Waals surface area contributed by atoms with E-state index in [1.54, 1.807) is 0 Å². The van der Waals surface area contributed by atoms with Gasteiger partial charge in [-0.25, -0.2) is 5.01 Å². The Kier molecular flexibility index (Phi) is 7.65. The number of benzene rings is 3. The van der Waals surface area contributed by atoms with Gasteiger partial charge in [0.15, 0.2) is 5.17 Å². The molecule has 0 spiro atoms. The molecule has 0 aromatic heterocycles. The Hall–Kier alpha value is -3.84. The Morgan fingerprint density at radius 2 is 1.58 bits per heavy atom. The SMILES string of the molecule is CCN(CC)c1ccc(/C=C2\SC(N3N=C(c4ccccc4)CC3c3ccc(N(C)C)cc3)=NC2=O)cc1. The number of anilines is 2. The summed E-state index contributed by atoms with van der Waals surface area (Å²) in [7, 11) is 4.07. The van der Waals surface area contributed by atoms with Gasteiger partial charge < -0.3 is 9.80 Å².